The van der Waals surface area contributed by atoms with Gasteiger partial charge in [0.1, 0.15) is 5.75 Å². The molecule has 0 aromatic heterocycles. The van der Waals surface area contributed by atoms with Crippen LogP contribution in [0.3, 0.4) is 0 Å². The van der Waals surface area contributed by atoms with E-state index in [0.29, 0.717) is 31.9 Å². The van der Waals surface area contributed by atoms with Gasteiger partial charge in [0.15, 0.2) is 6.61 Å². The molecule has 1 heterocycles. The number of nitrogens with zero attached hydrogens (tertiary/aromatic N) is 2. The Kier molecular flexibility index (Phi) is 6.76. The van der Waals surface area contributed by atoms with Crippen molar-refractivity contribution in [2.45, 2.75) is 12.8 Å². The highest BCUT2D eigenvalue weighted by Gasteiger charge is 2.23. The minimum absolute atomic E-state index is 0.0410. The predicted octanol–water partition coefficient (Wildman–Crippen LogP) is 3.07. The van der Waals surface area contributed by atoms with E-state index in [1.165, 1.54) is 5.56 Å². The van der Waals surface area contributed by atoms with Gasteiger partial charge >= 0.3 is 0 Å². The fourth-order valence-electron chi connectivity index (χ4n) is 3.21. The van der Waals surface area contributed by atoms with Gasteiger partial charge in [-0.2, -0.15) is 0 Å². The second-order valence-electron chi connectivity index (χ2n) is 6.63. The maximum absolute atomic E-state index is 12.4. The summed E-state index contributed by atoms with van der Waals surface area (Å²) in [5.41, 5.74) is 2.20. The van der Waals surface area contributed by atoms with Gasteiger partial charge in [0.2, 0.25) is 0 Å². The van der Waals surface area contributed by atoms with Crippen LogP contribution in [0.25, 0.3) is 0 Å². The van der Waals surface area contributed by atoms with Crippen molar-refractivity contribution < 1.29 is 18.3 Å². The van der Waals surface area contributed by atoms with Crippen LogP contribution >= 0.6 is 0 Å². The molecule has 3 rings (SSSR count). The standard InChI is InChI=1S/C21H24F2N2O2/c22-20(23)15-24-10-12-25(13-11-24)21(26)16-27-19-9-5-4-8-18(19)14-17-6-2-1-3-7-17/h1-9,20H,10-16H2. The van der Waals surface area contributed by atoms with Crippen molar-refractivity contribution in [1.82, 2.24) is 9.80 Å². The first-order valence-electron chi connectivity index (χ1n) is 9.15. The van der Waals surface area contributed by atoms with Crippen molar-refractivity contribution in [3.05, 3.63) is 65.7 Å². The van der Waals surface area contributed by atoms with Crippen molar-refractivity contribution in [3.8, 4) is 5.75 Å². The number of carbonyl (C=O) groups excluding carboxylic acids is 1. The van der Waals surface area contributed by atoms with Crippen LogP contribution in [0.15, 0.2) is 54.6 Å². The average Bonchev–Trinajstić information content (AvgIpc) is 2.68. The number of amides is 1. The third-order valence-corrected chi connectivity index (χ3v) is 4.68. The molecule has 1 saturated heterocycles. The molecule has 0 aliphatic carbocycles. The van der Waals surface area contributed by atoms with Gasteiger partial charge in [0.25, 0.3) is 12.3 Å². The Balaban J connectivity index is 1.52. The Morgan fingerprint density at radius 1 is 0.963 bits per heavy atom. The van der Waals surface area contributed by atoms with Crippen molar-refractivity contribution in [2.75, 3.05) is 39.3 Å². The van der Waals surface area contributed by atoms with E-state index >= 15 is 0 Å². The van der Waals surface area contributed by atoms with Gasteiger partial charge < -0.3 is 9.64 Å². The maximum atomic E-state index is 12.4. The van der Waals surface area contributed by atoms with Crippen molar-refractivity contribution in [2.24, 2.45) is 0 Å². The number of ether oxygens (including phenoxy) is 1. The Morgan fingerprint density at radius 2 is 1.63 bits per heavy atom. The summed E-state index contributed by atoms with van der Waals surface area (Å²) < 4.78 is 30.7. The number of hydrogen-bond donors (Lipinski definition) is 0. The molecular formula is C21H24F2N2O2. The maximum Gasteiger partial charge on any atom is 0.260 e. The van der Waals surface area contributed by atoms with Crippen molar-refractivity contribution in [3.63, 3.8) is 0 Å². The van der Waals surface area contributed by atoms with Crippen LogP contribution in [-0.4, -0.2) is 61.5 Å². The van der Waals surface area contributed by atoms with Crippen LogP contribution in [0.5, 0.6) is 5.75 Å². The summed E-state index contributed by atoms with van der Waals surface area (Å²) in [4.78, 5) is 15.8. The lowest BCUT2D eigenvalue weighted by molar-refractivity contribution is -0.135. The minimum Gasteiger partial charge on any atom is -0.483 e. The first kappa shape index (κ1) is 19.3. The van der Waals surface area contributed by atoms with Gasteiger partial charge in [-0.25, -0.2) is 8.78 Å². The van der Waals surface area contributed by atoms with E-state index in [9.17, 15) is 13.6 Å². The molecule has 0 radical (unpaired) electrons. The van der Waals surface area contributed by atoms with Gasteiger partial charge in [-0.3, -0.25) is 9.69 Å². The summed E-state index contributed by atoms with van der Waals surface area (Å²) >= 11 is 0. The van der Waals surface area contributed by atoms with Crippen LogP contribution < -0.4 is 4.74 Å². The Hall–Kier alpha value is -2.47. The minimum atomic E-state index is -2.34. The molecule has 0 N–H and O–H groups in total. The van der Waals surface area contributed by atoms with E-state index in [1.54, 1.807) is 9.80 Å². The molecule has 4 nitrogen and oxygen atoms in total. The largest absolute Gasteiger partial charge is 0.483 e. The summed E-state index contributed by atoms with van der Waals surface area (Å²) in [7, 11) is 0. The van der Waals surface area contributed by atoms with E-state index in [4.69, 9.17) is 4.74 Å². The molecule has 0 saturated carbocycles. The number of piperazine rings is 1. The Bertz CT molecular complexity index is 732. The lowest BCUT2D eigenvalue weighted by Crippen LogP contribution is -2.50. The number of rotatable bonds is 7. The third-order valence-electron chi connectivity index (χ3n) is 4.68. The Labute approximate surface area is 158 Å². The highest BCUT2D eigenvalue weighted by Crippen LogP contribution is 2.21. The fourth-order valence-corrected chi connectivity index (χ4v) is 3.21. The number of halogens is 2. The van der Waals surface area contributed by atoms with E-state index in [-0.39, 0.29) is 19.1 Å². The highest BCUT2D eigenvalue weighted by molar-refractivity contribution is 5.78. The van der Waals surface area contributed by atoms with E-state index < -0.39 is 6.43 Å². The Morgan fingerprint density at radius 3 is 2.33 bits per heavy atom. The summed E-state index contributed by atoms with van der Waals surface area (Å²) in [6.07, 6.45) is -1.60. The molecule has 0 bridgehead atoms. The molecule has 27 heavy (non-hydrogen) atoms. The smallest absolute Gasteiger partial charge is 0.260 e. The number of hydrogen-bond acceptors (Lipinski definition) is 3. The van der Waals surface area contributed by atoms with Gasteiger partial charge in [-0.15, -0.1) is 0 Å². The van der Waals surface area contributed by atoms with Crippen LogP contribution in [0.4, 0.5) is 8.78 Å². The molecular weight excluding hydrogens is 350 g/mol. The summed E-state index contributed by atoms with van der Waals surface area (Å²) in [6, 6.07) is 17.8. The zero-order valence-corrected chi connectivity index (χ0v) is 15.2. The lowest BCUT2D eigenvalue weighted by atomic mass is 10.0. The first-order chi connectivity index (χ1) is 13.1. The van der Waals surface area contributed by atoms with Crippen LogP contribution in [0.1, 0.15) is 11.1 Å². The monoisotopic (exact) mass is 374 g/mol. The van der Waals surface area contributed by atoms with E-state index in [2.05, 4.69) is 12.1 Å². The second-order valence-corrected chi connectivity index (χ2v) is 6.63. The first-order valence-corrected chi connectivity index (χ1v) is 9.15. The highest BCUT2D eigenvalue weighted by atomic mass is 19.3. The molecule has 144 valence electrons. The van der Waals surface area contributed by atoms with Gasteiger partial charge in [-0.1, -0.05) is 48.5 Å². The van der Waals surface area contributed by atoms with Crippen molar-refractivity contribution in [1.29, 1.82) is 0 Å². The predicted molar refractivity (Wildman–Crippen MR) is 100 cm³/mol. The average molecular weight is 374 g/mol. The van der Waals surface area contributed by atoms with Crippen LogP contribution in [0, 0.1) is 0 Å². The molecule has 6 heteroatoms. The SMILES string of the molecule is O=C(COc1ccccc1Cc1ccccc1)N1CCN(CC(F)F)CC1. The lowest BCUT2D eigenvalue weighted by Gasteiger charge is -2.34. The number of alkyl halides is 2. The van der Waals surface area contributed by atoms with Crippen molar-refractivity contribution >= 4 is 5.91 Å². The van der Waals surface area contributed by atoms with Gasteiger partial charge in [0, 0.05) is 32.6 Å². The molecule has 1 fully saturated rings. The molecule has 0 spiro atoms. The number of benzene rings is 2. The second kappa shape index (κ2) is 9.46. The van der Waals surface area contributed by atoms with Crippen LogP contribution in [0.2, 0.25) is 0 Å². The van der Waals surface area contributed by atoms with E-state index in [1.807, 2.05) is 42.5 Å². The molecule has 2 aromatic rings. The quantitative estimate of drug-likeness (QED) is 0.747. The third kappa shape index (κ3) is 5.76. The van der Waals surface area contributed by atoms with Gasteiger partial charge in [0.05, 0.1) is 6.54 Å². The number of carbonyl (C=O) groups is 1. The molecule has 1 aliphatic rings. The fraction of sp³-hybridized carbons (Fsp3) is 0.381. The summed E-state index contributed by atoms with van der Waals surface area (Å²) in [5, 5.41) is 0. The molecule has 0 unspecified atom stereocenters. The summed E-state index contributed by atoms with van der Waals surface area (Å²) in [6.45, 7) is 1.59. The zero-order valence-electron chi connectivity index (χ0n) is 15.2. The van der Waals surface area contributed by atoms with Crippen LogP contribution in [-0.2, 0) is 11.2 Å². The molecule has 0 atom stereocenters. The molecule has 1 amide bonds. The summed E-state index contributed by atoms with van der Waals surface area (Å²) in [5.74, 6) is 0.590. The molecule has 1 aliphatic heterocycles. The number of para-hydroxylation sites is 1. The topological polar surface area (TPSA) is 32.8 Å². The zero-order chi connectivity index (χ0) is 19.1. The van der Waals surface area contributed by atoms with Gasteiger partial charge in [-0.05, 0) is 17.2 Å². The normalized spacial score (nSPS) is 15.1. The van der Waals surface area contributed by atoms with E-state index in [0.717, 1.165) is 12.0 Å². The molecule has 2 aromatic carbocycles.